The predicted octanol–water partition coefficient (Wildman–Crippen LogP) is 3.52. The maximum atomic E-state index is 13.2. The van der Waals surface area contributed by atoms with Crippen molar-refractivity contribution in [3.63, 3.8) is 0 Å². The van der Waals surface area contributed by atoms with Crippen LogP contribution in [0.5, 0.6) is 0 Å². The lowest BCUT2D eigenvalue weighted by atomic mass is 9.70. The summed E-state index contributed by atoms with van der Waals surface area (Å²) in [6.07, 6.45) is 4.16. The topological polar surface area (TPSA) is 26.0 Å². The number of hydrogen-bond acceptors (Lipinski definition) is 1. The van der Waals surface area contributed by atoms with Crippen molar-refractivity contribution >= 4 is 0 Å². The molecule has 2 N–H and O–H groups in total. The number of nitrogens with two attached hydrogens (primary N) is 1. The van der Waals surface area contributed by atoms with Gasteiger partial charge in [0.05, 0.1) is 0 Å². The molecule has 0 spiro atoms. The van der Waals surface area contributed by atoms with Gasteiger partial charge in [0.25, 0.3) is 0 Å². The molecule has 2 rings (SSSR count). The van der Waals surface area contributed by atoms with Crippen LogP contribution in [-0.4, -0.2) is 5.54 Å². The average Bonchev–Trinajstić information content (AvgIpc) is 2.13. The molecule has 2 heteroatoms. The van der Waals surface area contributed by atoms with Crippen LogP contribution in [-0.2, 0) is 6.42 Å². The molecular weight excluding hydrogens is 213 g/mol. The van der Waals surface area contributed by atoms with Gasteiger partial charge in [-0.05, 0) is 55.2 Å². The van der Waals surface area contributed by atoms with Crippen molar-refractivity contribution < 1.29 is 4.39 Å². The van der Waals surface area contributed by atoms with Gasteiger partial charge >= 0.3 is 0 Å². The number of rotatable bonds is 2. The molecule has 0 saturated heterocycles. The van der Waals surface area contributed by atoms with Gasteiger partial charge in [0.15, 0.2) is 0 Å². The Morgan fingerprint density at radius 1 is 1.29 bits per heavy atom. The highest BCUT2D eigenvalue weighted by atomic mass is 19.1. The van der Waals surface area contributed by atoms with Gasteiger partial charge in [0.2, 0.25) is 0 Å². The molecule has 1 aliphatic carbocycles. The van der Waals surface area contributed by atoms with E-state index in [4.69, 9.17) is 5.73 Å². The third kappa shape index (κ3) is 3.29. The summed E-state index contributed by atoms with van der Waals surface area (Å²) in [6.45, 7) is 4.53. The Morgan fingerprint density at radius 2 is 1.94 bits per heavy atom. The Kier molecular flexibility index (Phi) is 3.53. The Labute approximate surface area is 103 Å². The van der Waals surface area contributed by atoms with Gasteiger partial charge in [-0.1, -0.05) is 26.0 Å². The zero-order valence-electron chi connectivity index (χ0n) is 10.7. The van der Waals surface area contributed by atoms with E-state index in [1.54, 1.807) is 12.1 Å². The summed E-state index contributed by atoms with van der Waals surface area (Å²) in [7, 11) is 0. The Morgan fingerprint density at radius 3 is 2.53 bits per heavy atom. The molecule has 0 radical (unpaired) electrons. The quantitative estimate of drug-likeness (QED) is 0.834. The lowest BCUT2D eigenvalue weighted by Crippen LogP contribution is -2.48. The molecule has 1 aliphatic rings. The maximum absolute atomic E-state index is 13.2. The van der Waals surface area contributed by atoms with Crippen molar-refractivity contribution in [2.75, 3.05) is 0 Å². The van der Waals surface area contributed by atoms with E-state index in [2.05, 4.69) is 13.8 Å². The van der Waals surface area contributed by atoms with Crippen molar-refractivity contribution in [3.05, 3.63) is 35.6 Å². The third-order valence-corrected chi connectivity index (χ3v) is 3.76. The van der Waals surface area contributed by atoms with Gasteiger partial charge in [-0.15, -0.1) is 0 Å². The van der Waals surface area contributed by atoms with Crippen LogP contribution >= 0.6 is 0 Å². The second-order valence-electron chi connectivity index (χ2n) is 6.02. The van der Waals surface area contributed by atoms with E-state index >= 15 is 0 Å². The first-order valence-corrected chi connectivity index (χ1v) is 6.50. The largest absolute Gasteiger partial charge is 0.325 e. The molecule has 2 atom stereocenters. The van der Waals surface area contributed by atoms with E-state index in [-0.39, 0.29) is 11.4 Å². The summed E-state index contributed by atoms with van der Waals surface area (Å²) in [5.41, 5.74) is 7.37. The summed E-state index contributed by atoms with van der Waals surface area (Å²) >= 11 is 0. The Hall–Kier alpha value is -0.890. The van der Waals surface area contributed by atoms with E-state index in [1.165, 1.54) is 12.5 Å². The molecule has 1 nitrogen and oxygen atoms in total. The van der Waals surface area contributed by atoms with E-state index in [0.717, 1.165) is 24.8 Å². The molecule has 17 heavy (non-hydrogen) atoms. The second-order valence-corrected chi connectivity index (χ2v) is 6.02. The zero-order chi connectivity index (χ0) is 12.5. The zero-order valence-corrected chi connectivity index (χ0v) is 10.7. The number of halogens is 1. The van der Waals surface area contributed by atoms with Gasteiger partial charge in [0, 0.05) is 5.54 Å². The molecule has 1 saturated carbocycles. The van der Waals surface area contributed by atoms with Crippen LogP contribution in [0, 0.1) is 17.7 Å². The monoisotopic (exact) mass is 235 g/mol. The van der Waals surface area contributed by atoms with Crippen LogP contribution < -0.4 is 5.73 Å². The Balaban J connectivity index is 2.11. The van der Waals surface area contributed by atoms with Crippen LogP contribution in [0.15, 0.2) is 24.3 Å². The Bertz CT molecular complexity index is 378. The highest BCUT2D eigenvalue weighted by Crippen LogP contribution is 2.36. The van der Waals surface area contributed by atoms with Crippen molar-refractivity contribution in [3.8, 4) is 0 Å². The van der Waals surface area contributed by atoms with Crippen molar-refractivity contribution in [1.82, 2.24) is 0 Å². The molecule has 0 bridgehead atoms. The first-order valence-electron chi connectivity index (χ1n) is 6.50. The molecule has 1 aromatic carbocycles. The smallest absolute Gasteiger partial charge is 0.123 e. The fourth-order valence-electron chi connectivity index (χ4n) is 3.52. The molecule has 0 aromatic heterocycles. The van der Waals surface area contributed by atoms with E-state index in [9.17, 15) is 4.39 Å². The fraction of sp³-hybridized carbons (Fsp3) is 0.600. The molecular formula is C15H22FN. The minimum absolute atomic E-state index is 0.148. The predicted molar refractivity (Wildman–Crippen MR) is 69.2 cm³/mol. The summed E-state index contributed by atoms with van der Waals surface area (Å²) < 4.78 is 13.2. The van der Waals surface area contributed by atoms with E-state index in [1.807, 2.05) is 6.07 Å². The molecule has 1 fully saturated rings. The molecule has 0 heterocycles. The van der Waals surface area contributed by atoms with Crippen LogP contribution in [0.1, 0.15) is 38.7 Å². The molecule has 2 unspecified atom stereocenters. The van der Waals surface area contributed by atoms with Gasteiger partial charge in [0.1, 0.15) is 5.82 Å². The number of hydrogen-bond donors (Lipinski definition) is 1. The minimum Gasteiger partial charge on any atom is -0.325 e. The lowest BCUT2D eigenvalue weighted by molar-refractivity contribution is 0.182. The highest BCUT2D eigenvalue weighted by Gasteiger charge is 2.34. The molecule has 94 valence electrons. The summed E-state index contributed by atoms with van der Waals surface area (Å²) in [4.78, 5) is 0. The summed E-state index contributed by atoms with van der Waals surface area (Å²) in [6, 6.07) is 6.84. The standard InChI is InChI=1S/C15H22FN/c1-11-6-12(2)9-15(17,8-11)10-13-4-3-5-14(16)7-13/h3-5,7,11-12H,6,8-10,17H2,1-2H3. The fourth-order valence-corrected chi connectivity index (χ4v) is 3.52. The second kappa shape index (κ2) is 4.77. The molecule has 0 amide bonds. The minimum atomic E-state index is -0.164. The van der Waals surface area contributed by atoms with Gasteiger partial charge in [-0.3, -0.25) is 0 Å². The third-order valence-electron chi connectivity index (χ3n) is 3.76. The van der Waals surface area contributed by atoms with Gasteiger partial charge < -0.3 is 5.73 Å². The van der Waals surface area contributed by atoms with Crippen LogP contribution in [0.3, 0.4) is 0 Å². The molecule has 0 aliphatic heterocycles. The van der Waals surface area contributed by atoms with Gasteiger partial charge in [-0.25, -0.2) is 4.39 Å². The average molecular weight is 235 g/mol. The summed E-state index contributed by atoms with van der Waals surface area (Å²) in [5.74, 6) is 1.19. The van der Waals surface area contributed by atoms with E-state index < -0.39 is 0 Å². The SMILES string of the molecule is CC1CC(C)CC(N)(Cc2cccc(F)c2)C1. The van der Waals surface area contributed by atoms with Crippen molar-refractivity contribution in [2.24, 2.45) is 17.6 Å². The normalized spacial score (nSPS) is 33.6. The number of benzene rings is 1. The first-order chi connectivity index (χ1) is 7.97. The van der Waals surface area contributed by atoms with E-state index in [0.29, 0.717) is 11.8 Å². The van der Waals surface area contributed by atoms with Crippen molar-refractivity contribution in [1.29, 1.82) is 0 Å². The van der Waals surface area contributed by atoms with Crippen LogP contribution in [0.2, 0.25) is 0 Å². The molecule has 1 aromatic rings. The highest BCUT2D eigenvalue weighted by molar-refractivity contribution is 5.19. The van der Waals surface area contributed by atoms with Gasteiger partial charge in [-0.2, -0.15) is 0 Å². The first kappa shape index (κ1) is 12.6. The maximum Gasteiger partial charge on any atom is 0.123 e. The lowest BCUT2D eigenvalue weighted by Gasteiger charge is -2.40. The summed E-state index contributed by atoms with van der Waals surface area (Å²) in [5, 5.41) is 0. The van der Waals surface area contributed by atoms with Crippen molar-refractivity contribution in [2.45, 2.75) is 45.1 Å². The van der Waals surface area contributed by atoms with Crippen LogP contribution in [0.25, 0.3) is 0 Å². The van der Waals surface area contributed by atoms with Crippen LogP contribution in [0.4, 0.5) is 4.39 Å².